The van der Waals surface area contributed by atoms with Crippen LogP contribution in [0.25, 0.3) is 11.1 Å². The fraction of sp³-hybridized carbons (Fsp3) is 0.0370. The summed E-state index contributed by atoms with van der Waals surface area (Å²) in [7, 11) is 0. The Hall–Kier alpha value is -3.26. The van der Waals surface area contributed by atoms with E-state index < -0.39 is 0 Å². The Morgan fingerprint density at radius 2 is 1.16 bits per heavy atom. The fourth-order valence-corrected chi connectivity index (χ4v) is 3.81. The topological polar surface area (TPSA) is 34.1 Å². The number of carbonyl (C=O) groups is 2. The van der Waals surface area contributed by atoms with Gasteiger partial charge in [0.25, 0.3) is 0 Å². The Kier molecular flexibility index (Phi) is 7.72. The maximum atomic E-state index is 11.8. The van der Waals surface area contributed by atoms with Gasteiger partial charge >= 0.3 is 0 Å². The average molecular weight is 441 g/mol. The van der Waals surface area contributed by atoms with Crippen LogP contribution in [-0.4, -0.2) is 10.2 Å². The molecule has 0 bridgehead atoms. The molecule has 0 unspecified atom stereocenters. The molecule has 0 amide bonds. The second-order valence-corrected chi connectivity index (χ2v) is 8.80. The lowest BCUT2D eigenvalue weighted by Gasteiger charge is -2.04. The quantitative estimate of drug-likeness (QED) is 0.250. The van der Waals surface area contributed by atoms with Gasteiger partial charge in [-0.15, -0.1) is 0 Å². The molecular weight excluding hydrogens is 420 g/mol. The summed E-state index contributed by atoms with van der Waals surface area (Å²) in [5.74, 6) is 6.31. The van der Waals surface area contributed by atoms with Crippen molar-refractivity contribution in [3.05, 3.63) is 109 Å². The molecule has 0 heterocycles. The zero-order chi connectivity index (χ0) is 22.2. The van der Waals surface area contributed by atoms with E-state index in [0.29, 0.717) is 5.57 Å². The minimum Gasteiger partial charge on any atom is -0.282 e. The number of benzene rings is 3. The van der Waals surface area contributed by atoms with E-state index in [1.165, 1.54) is 17.8 Å². The molecule has 0 saturated heterocycles. The van der Waals surface area contributed by atoms with Gasteiger partial charge in [0.15, 0.2) is 0 Å². The van der Waals surface area contributed by atoms with E-state index >= 15 is 0 Å². The van der Waals surface area contributed by atoms with Crippen molar-refractivity contribution in [2.45, 2.75) is 16.7 Å². The number of hydrogen-bond donors (Lipinski definition) is 0. The average Bonchev–Trinajstić information content (AvgIpc) is 2.79. The summed E-state index contributed by atoms with van der Waals surface area (Å²) < 4.78 is 0. The molecule has 4 heteroatoms. The van der Waals surface area contributed by atoms with Crippen molar-refractivity contribution in [2.75, 3.05) is 0 Å². The molecular formula is C27H20O2S2. The number of rotatable bonds is 5. The van der Waals surface area contributed by atoms with E-state index in [1.54, 1.807) is 6.92 Å². The summed E-state index contributed by atoms with van der Waals surface area (Å²) in [6, 6.07) is 23.5. The minimum atomic E-state index is -0.0762. The smallest absolute Gasteiger partial charge is 0.219 e. The van der Waals surface area contributed by atoms with Gasteiger partial charge in [-0.2, -0.15) is 0 Å². The summed E-state index contributed by atoms with van der Waals surface area (Å²) in [5, 5.41) is -0.0954. The predicted molar refractivity (Wildman–Crippen MR) is 131 cm³/mol. The highest BCUT2D eigenvalue weighted by molar-refractivity contribution is 8.14. The first-order chi connectivity index (χ1) is 14.9. The Labute approximate surface area is 191 Å². The van der Waals surface area contributed by atoms with E-state index in [0.717, 1.165) is 43.8 Å². The standard InChI is InChI=1S/C27H20O2S2/c1-4-26(28)30-24-15-9-21(10-16-24)6-5-20-7-11-22(12-8-20)23-13-17-25(18-14-23)31-27(29)19(2)3/h4,7-18H,1-2H2,3H3. The molecule has 0 saturated carbocycles. The Morgan fingerprint density at radius 3 is 1.65 bits per heavy atom. The molecule has 31 heavy (non-hydrogen) atoms. The van der Waals surface area contributed by atoms with Gasteiger partial charge in [0, 0.05) is 20.9 Å². The van der Waals surface area contributed by atoms with Gasteiger partial charge in [0.05, 0.1) is 0 Å². The first-order valence-electron chi connectivity index (χ1n) is 9.49. The van der Waals surface area contributed by atoms with E-state index in [-0.39, 0.29) is 10.2 Å². The summed E-state index contributed by atoms with van der Waals surface area (Å²) in [4.78, 5) is 24.9. The lowest BCUT2D eigenvalue weighted by atomic mass is 10.0. The highest BCUT2D eigenvalue weighted by Gasteiger charge is 2.06. The minimum absolute atomic E-state index is 0.0191. The summed E-state index contributed by atoms with van der Waals surface area (Å²) in [5.41, 5.74) is 4.51. The predicted octanol–water partition coefficient (Wildman–Crippen LogP) is 6.75. The molecule has 3 aromatic rings. The molecule has 2 nitrogen and oxygen atoms in total. The van der Waals surface area contributed by atoms with Gasteiger partial charge in [-0.3, -0.25) is 9.59 Å². The third-order valence-electron chi connectivity index (χ3n) is 4.22. The molecule has 0 atom stereocenters. The second kappa shape index (κ2) is 10.7. The van der Waals surface area contributed by atoms with Gasteiger partial charge in [-0.1, -0.05) is 49.3 Å². The van der Waals surface area contributed by atoms with Crippen LogP contribution in [0.2, 0.25) is 0 Å². The van der Waals surface area contributed by atoms with Crippen LogP contribution in [0.5, 0.6) is 0 Å². The van der Waals surface area contributed by atoms with Crippen LogP contribution in [0.15, 0.2) is 107 Å². The number of carbonyl (C=O) groups excluding carboxylic acids is 2. The molecule has 0 spiro atoms. The zero-order valence-corrected chi connectivity index (χ0v) is 18.7. The molecule has 0 aliphatic heterocycles. The Balaban J connectivity index is 1.66. The van der Waals surface area contributed by atoms with Crippen molar-refractivity contribution < 1.29 is 9.59 Å². The van der Waals surface area contributed by atoms with Crippen molar-refractivity contribution in [2.24, 2.45) is 0 Å². The fourth-order valence-electron chi connectivity index (χ4n) is 2.56. The van der Waals surface area contributed by atoms with Gasteiger partial charge in [0.1, 0.15) is 0 Å². The van der Waals surface area contributed by atoms with Crippen LogP contribution in [0.4, 0.5) is 0 Å². The zero-order valence-electron chi connectivity index (χ0n) is 17.1. The molecule has 0 radical (unpaired) electrons. The summed E-state index contributed by atoms with van der Waals surface area (Å²) >= 11 is 2.33. The molecule has 3 rings (SSSR count). The van der Waals surface area contributed by atoms with Crippen molar-refractivity contribution in [3.8, 4) is 23.0 Å². The Bertz CT molecular complexity index is 1180. The van der Waals surface area contributed by atoms with Gasteiger partial charge < -0.3 is 0 Å². The molecule has 3 aromatic carbocycles. The van der Waals surface area contributed by atoms with Crippen LogP contribution in [0, 0.1) is 11.8 Å². The summed E-state index contributed by atoms with van der Waals surface area (Å²) in [6.07, 6.45) is 1.31. The first-order valence-corrected chi connectivity index (χ1v) is 11.1. The summed E-state index contributed by atoms with van der Waals surface area (Å²) in [6.45, 7) is 8.87. The lowest BCUT2D eigenvalue weighted by molar-refractivity contribution is -0.108. The molecule has 0 N–H and O–H groups in total. The highest BCUT2D eigenvalue weighted by Crippen LogP contribution is 2.26. The van der Waals surface area contributed by atoms with Gasteiger partial charge in [-0.25, -0.2) is 0 Å². The molecule has 0 aromatic heterocycles. The van der Waals surface area contributed by atoms with Crippen LogP contribution in [0.1, 0.15) is 18.1 Å². The van der Waals surface area contributed by atoms with Crippen LogP contribution >= 0.6 is 23.5 Å². The monoisotopic (exact) mass is 440 g/mol. The number of hydrogen-bond acceptors (Lipinski definition) is 4. The molecule has 0 aliphatic rings. The highest BCUT2D eigenvalue weighted by atomic mass is 32.2. The lowest BCUT2D eigenvalue weighted by Crippen LogP contribution is -1.90. The SMILES string of the molecule is C=CC(=O)Sc1ccc(C#Cc2ccc(-c3ccc(SC(=O)C(=C)C)cc3)cc2)cc1. The maximum absolute atomic E-state index is 11.8. The molecule has 0 aliphatic carbocycles. The van der Waals surface area contributed by atoms with Crippen molar-refractivity contribution in [1.82, 2.24) is 0 Å². The van der Waals surface area contributed by atoms with Crippen LogP contribution in [0.3, 0.4) is 0 Å². The largest absolute Gasteiger partial charge is 0.282 e. The second-order valence-electron chi connectivity index (χ2n) is 6.67. The van der Waals surface area contributed by atoms with E-state index in [2.05, 4.69) is 25.0 Å². The van der Waals surface area contributed by atoms with Crippen molar-refractivity contribution in [3.63, 3.8) is 0 Å². The first kappa shape index (κ1) is 22.4. The van der Waals surface area contributed by atoms with Crippen LogP contribution in [-0.2, 0) is 9.59 Å². The Morgan fingerprint density at radius 1 is 0.742 bits per heavy atom. The molecule has 0 fully saturated rings. The normalized spacial score (nSPS) is 9.97. The maximum Gasteiger partial charge on any atom is 0.219 e. The van der Waals surface area contributed by atoms with Gasteiger partial charge in [-0.05, 0) is 102 Å². The third-order valence-corrected chi connectivity index (χ3v) is 6.14. The van der Waals surface area contributed by atoms with Crippen molar-refractivity contribution in [1.29, 1.82) is 0 Å². The van der Waals surface area contributed by atoms with E-state index in [4.69, 9.17) is 0 Å². The van der Waals surface area contributed by atoms with Crippen LogP contribution < -0.4 is 0 Å². The van der Waals surface area contributed by atoms with Crippen molar-refractivity contribution >= 4 is 33.8 Å². The van der Waals surface area contributed by atoms with Gasteiger partial charge in [0.2, 0.25) is 10.2 Å². The molecule has 152 valence electrons. The van der Waals surface area contributed by atoms with E-state index in [9.17, 15) is 9.59 Å². The third kappa shape index (κ3) is 6.62. The van der Waals surface area contributed by atoms with E-state index in [1.807, 2.05) is 72.8 Å². The number of thioether (sulfide) groups is 2.